The highest BCUT2D eigenvalue weighted by Crippen LogP contribution is 2.06. The van der Waals surface area contributed by atoms with Gasteiger partial charge in [-0.25, -0.2) is 0 Å². The molecule has 1 N–H and O–H groups in total. The molecule has 0 rings (SSSR count). The van der Waals surface area contributed by atoms with E-state index in [1.54, 1.807) is 0 Å². The normalized spacial score (nSPS) is 14.9. The number of hydrogen-bond acceptors (Lipinski definition) is 3. The summed E-state index contributed by atoms with van der Waals surface area (Å²) in [5, 5.41) is 12.4. The molecular formula is C12H25N3. The zero-order valence-corrected chi connectivity index (χ0v) is 10.6. The smallest absolute Gasteiger partial charge is 0.116 e. The van der Waals surface area contributed by atoms with Crippen LogP contribution in [0.2, 0.25) is 0 Å². The van der Waals surface area contributed by atoms with E-state index in [4.69, 9.17) is 5.26 Å². The van der Waals surface area contributed by atoms with Crippen molar-refractivity contribution in [3.63, 3.8) is 0 Å². The van der Waals surface area contributed by atoms with E-state index in [-0.39, 0.29) is 0 Å². The lowest BCUT2D eigenvalue weighted by atomic mass is 10.0. The maximum Gasteiger partial charge on any atom is 0.116 e. The van der Waals surface area contributed by atoms with Gasteiger partial charge in [-0.3, -0.25) is 5.32 Å². The van der Waals surface area contributed by atoms with Gasteiger partial charge >= 0.3 is 0 Å². The van der Waals surface area contributed by atoms with Crippen LogP contribution < -0.4 is 5.32 Å². The molecule has 1 atom stereocenters. The van der Waals surface area contributed by atoms with Gasteiger partial charge in [0.2, 0.25) is 0 Å². The van der Waals surface area contributed by atoms with Crippen molar-refractivity contribution < 1.29 is 0 Å². The minimum atomic E-state index is -0.404. The van der Waals surface area contributed by atoms with Crippen LogP contribution in [-0.2, 0) is 0 Å². The molecule has 0 heterocycles. The van der Waals surface area contributed by atoms with E-state index in [1.807, 2.05) is 13.8 Å². The van der Waals surface area contributed by atoms with Crippen molar-refractivity contribution in [3.05, 3.63) is 0 Å². The van der Waals surface area contributed by atoms with E-state index >= 15 is 0 Å². The van der Waals surface area contributed by atoms with Crippen LogP contribution in [-0.4, -0.2) is 36.6 Å². The third kappa shape index (κ3) is 5.76. The summed E-state index contributed by atoms with van der Waals surface area (Å²) in [7, 11) is 0. The zero-order valence-electron chi connectivity index (χ0n) is 10.6. The van der Waals surface area contributed by atoms with Crippen molar-refractivity contribution in [2.45, 2.75) is 46.1 Å². The van der Waals surface area contributed by atoms with Gasteiger partial charge in [0.05, 0.1) is 6.07 Å². The first-order valence-electron chi connectivity index (χ1n) is 6.00. The highest BCUT2D eigenvalue weighted by molar-refractivity contribution is 5.05. The third-order valence-corrected chi connectivity index (χ3v) is 2.43. The molecule has 0 radical (unpaired) electrons. The number of nitrogens with zero attached hydrogens (tertiary/aromatic N) is 2. The van der Waals surface area contributed by atoms with Gasteiger partial charge in [0.15, 0.2) is 0 Å². The van der Waals surface area contributed by atoms with E-state index < -0.39 is 5.54 Å². The molecule has 88 valence electrons. The number of hydrogen-bond donors (Lipinski definition) is 1. The van der Waals surface area contributed by atoms with Crippen LogP contribution >= 0.6 is 0 Å². The van der Waals surface area contributed by atoms with E-state index in [1.165, 1.54) is 0 Å². The fourth-order valence-electron chi connectivity index (χ4n) is 1.87. The first-order chi connectivity index (χ1) is 7.11. The molecule has 15 heavy (non-hydrogen) atoms. The first-order valence-corrected chi connectivity index (χ1v) is 6.00. The molecule has 0 bridgehead atoms. The summed E-state index contributed by atoms with van der Waals surface area (Å²) in [5.41, 5.74) is -0.404. The molecule has 0 saturated heterocycles. The van der Waals surface area contributed by atoms with Crippen molar-refractivity contribution in [1.29, 1.82) is 5.26 Å². The Labute approximate surface area is 94.5 Å². The van der Waals surface area contributed by atoms with Crippen LogP contribution in [0.1, 0.15) is 40.5 Å². The van der Waals surface area contributed by atoms with Gasteiger partial charge in [-0.2, -0.15) is 5.26 Å². The Bertz CT molecular complexity index is 192. The molecule has 0 spiro atoms. The van der Waals surface area contributed by atoms with Crippen LogP contribution in [0.5, 0.6) is 0 Å². The Kier molecular flexibility index (Phi) is 7.37. The Morgan fingerprint density at radius 2 is 1.73 bits per heavy atom. The molecule has 0 amide bonds. The molecule has 0 aromatic heterocycles. The number of nitrogens with one attached hydrogen (secondary N) is 1. The van der Waals surface area contributed by atoms with Crippen molar-refractivity contribution >= 4 is 0 Å². The van der Waals surface area contributed by atoms with Crippen LogP contribution in [0.15, 0.2) is 0 Å². The highest BCUT2D eigenvalue weighted by atomic mass is 15.2. The van der Waals surface area contributed by atoms with Crippen molar-refractivity contribution in [1.82, 2.24) is 10.2 Å². The zero-order chi connectivity index (χ0) is 11.7. The quantitative estimate of drug-likeness (QED) is 0.667. The van der Waals surface area contributed by atoms with Crippen LogP contribution in [0, 0.1) is 11.3 Å². The van der Waals surface area contributed by atoms with Gasteiger partial charge in [-0.15, -0.1) is 0 Å². The fourth-order valence-corrected chi connectivity index (χ4v) is 1.87. The summed E-state index contributed by atoms with van der Waals surface area (Å²) in [6.45, 7) is 12.2. The lowest BCUT2D eigenvalue weighted by Gasteiger charge is -2.30. The SMILES string of the molecule is CCCN(CCC)CC(C)(C#N)NCC. The summed E-state index contributed by atoms with van der Waals surface area (Å²) in [5.74, 6) is 0. The fraction of sp³-hybridized carbons (Fsp3) is 0.917. The predicted molar refractivity (Wildman–Crippen MR) is 64.7 cm³/mol. The first kappa shape index (κ1) is 14.4. The molecule has 0 aromatic carbocycles. The molecule has 0 fully saturated rings. The van der Waals surface area contributed by atoms with Crippen molar-refractivity contribution in [3.8, 4) is 6.07 Å². The molecule has 0 aromatic rings. The molecule has 0 aliphatic rings. The van der Waals surface area contributed by atoms with Gasteiger partial charge < -0.3 is 4.90 Å². The second-order valence-electron chi connectivity index (χ2n) is 4.25. The van der Waals surface area contributed by atoms with E-state index in [0.717, 1.165) is 39.0 Å². The van der Waals surface area contributed by atoms with E-state index in [2.05, 4.69) is 30.1 Å². The number of rotatable bonds is 8. The molecule has 3 heteroatoms. The average Bonchev–Trinajstić information content (AvgIpc) is 2.19. The standard InChI is InChI=1S/C12H25N3/c1-5-8-15(9-6-2)11-12(4,10-13)14-7-3/h14H,5-9,11H2,1-4H3. The van der Waals surface area contributed by atoms with E-state index in [9.17, 15) is 0 Å². The molecule has 3 nitrogen and oxygen atoms in total. The van der Waals surface area contributed by atoms with Gasteiger partial charge in [-0.1, -0.05) is 20.8 Å². The van der Waals surface area contributed by atoms with Gasteiger partial charge in [0.25, 0.3) is 0 Å². The molecule has 0 saturated carbocycles. The van der Waals surface area contributed by atoms with Gasteiger partial charge in [0, 0.05) is 6.54 Å². The molecule has 1 unspecified atom stereocenters. The average molecular weight is 211 g/mol. The summed E-state index contributed by atoms with van der Waals surface area (Å²) in [6.07, 6.45) is 2.29. The largest absolute Gasteiger partial charge is 0.300 e. The Balaban J connectivity index is 4.27. The molecule has 0 aliphatic carbocycles. The van der Waals surface area contributed by atoms with Crippen molar-refractivity contribution in [2.75, 3.05) is 26.2 Å². The lowest BCUT2D eigenvalue weighted by molar-refractivity contribution is 0.221. The van der Waals surface area contributed by atoms with Crippen molar-refractivity contribution in [2.24, 2.45) is 0 Å². The maximum atomic E-state index is 9.16. The monoisotopic (exact) mass is 211 g/mol. The lowest BCUT2D eigenvalue weighted by Crippen LogP contribution is -2.50. The van der Waals surface area contributed by atoms with Crippen LogP contribution in [0.4, 0.5) is 0 Å². The second kappa shape index (κ2) is 7.67. The highest BCUT2D eigenvalue weighted by Gasteiger charge is 2.24. The maximum absolute atomic E-state index is 9.16. The summed E-state index contributed by atoms with van der Waals surface area (Å²) in [4.78, 5) is 2.37. The summed E-state index contributed by atoms with van der Waals surface area (Å²) >= 11 is 0. The van der Waals surface area contributed by atoms with Crippen LogP contribution in [0.3, 0.4) is 0 Å². The second-order valence-corrected chi connectivity index (χ2v) is 4.25. The molecule has 0 aliphatic heterocycles. The number of nitriles is 1. The summed E-state index contributed by atoms with van der Waals surface area (Å²) in [6, 6.07) is 2.37. The predicted octanol–water partition coefficient (Wildman–Crippen LogP) is 2.00. The Morgan fingerprint density at radius 1 is 1.20 bits per heavy atom. The minimum absolute atomic E-state index is 0.404. The summed E-state index contributed by atoms with van der Waals surface area (Å²) < 4.78 is 0. The Hall–Kier alpha value is -0.590. The topological polar surface area (TPSA) is 39.1 Å². The van der Waals surface area contributed by atoms with E-state index in [0.29, 0.717) is 0 Å². The van der Waals surface area contributed by atoms with Gasteiger partial charge in [0.1, 0.15) is 5.54 Å². The third-order valence-electron chi connectivity index (χ3n) is 2.43. The minimum Gasteiger partial charge on any atom is -0.300 e. The van der Waals surface area contributed by atoms with Gasteiger partial charge in [-0.05, 0) is 39.4 Å². The van der Waals surface area contributed by atoms with Crippen LogP contribution in [0.25, 0.3) is 0 Å². The number of likely N-dealkylation sites (N-methyl/N-ethyl adjacent to an activating group) is 1. The molecular weight excluding hydrogens is 186 g/mol. The Morgan fingerprint density at radius 3 is 2.07 bits per heavy atom.